The summed E-state index contributed by atoms with van der Waals surface area (Å²) in [5.41, 5.74) is 1.05. The number of methoxy groups -OCH3 is 1. The second kappa shape index (κ2) is 6.15. The number of benzene rings is 1. The van der Waals surface area contributed by atoms with Crippen LogP contribution in [0.3, 0.4) is 0 Å². The molecule has 0 atom stereocenters. The van der Waals surface area contributed by atoms with E-state index in [1.807, 2.05) is 0 Å². The Morgan fingerprint density at radius 1 is 1.39 bits per heavy atom. The standard InChI is InChI=1S/C15H17N5O3/c1-19(12-6-7-12)13(21)9-20-17-14(16-18-20)10-4-3-5-11(8-10)15(22)23-2/h3-5,8,12H,6-7,9H2,1-2H3. The van der Waals surface area contributed by atoms with Gasteiger partial charge >= 0.3 is 5.97 Å². The smallest absolute Gasteiger partial charge is 0.337 e. The van der Waals surface area contributed by atoms with E-state index in [2.05, 4.69) is 20.1 Å². The van der Waals surface area contributed by atoms with Crippen molar-refractivity contribution in [2.45, 2.75) is 25.4 Å². The molecule has 8 nitrogen and oxygen atoms in total. The average molecular weight is 315 g/mol. The lowest BCUT2D eigenvalue weighted by atomic mass is 10.1. The van der Waals surface area contributed by atoms with E-state index in [-0.39, 0.29) is 12.5 Å². The third-order valence-electron chi connectivity index (χ3n) is 3.76. The van der Waals surface area contributed by atoms with Gasteiger partial charge in [0.2, 0.25) is 11.7 Å². The van der Waals surface area contributed by atoms with Crippen LogP contribution >= 0.6 is 0 Å². The number of carbonyl (C=O) groups excluding carboxylic acids is 2. The van der Waals surface area contributed by atoms with Gasteiger partial charge in [0.05, 0.1) is 12.7 Å². The fraction of sp³-hybridized carbons (Fsp3) is 0.400. The van der Waals surface area contributed by atoms with E-state index in [1.54, 1.807) is 36.2 Å². The van der Waals surface area contributed by atoms with Crippen LogP contribution < -0.4 is 0 Å². The minimum Gasteiger partial charge on any atom is -0.465 e. The molecular formula is C15H17N5O3. The lowest BCUT2D eigenvalue weighted by molar-refractivity contribution is -0.131. The maximum atomic E-state index is 12.1. The molecule has 1 amide bonds. The molecular weight excluding hydrogens is 298 g/mol. The van der Waals surface area contributed by atoms with Gasteiger partial charge in [-0.1, -0.05) is 12.1 Å². The Balaban J connectivity index is 1.74. The number of nitrogens with zero attached hydrogens (tertiary/aromatic N) is 5. The molecule has 0 radical (unpaired) electrons. The number of likely N-dealkylation sites (N-methyl/N-ethyl adjacent to an activating group) is 1. The molecule has 1 aliphatic carbocycles. The van der Waals surface area contributed by atoms with E-state index < -0.39 is 5.97 Å². The Bertz CT molecular complexity index is 738. The minimum atomic E-state index is -0.430. The lowest BCUT2D eigenvalue weighted by Gasteiger charge is -2.14. The van der Waals surface area contributed by atoms with E-state index in [9.17, 15) is 9.59 Å². The molecule has 1 aromatic heterocycles. The van der Waals surface area contributed by atoms with Crippen molar-refractivity contribution in [2.24, 2.45) is 0 Å². The van der Waals surface area contributed by atoms with Crippen LogP contribution in [-0.4, -0.2) is 57.2 Å². The van der Waals surface area contributed by atoms with E-state index in [1.165, 1.54) is 11.9 Å². The van der Waals surface area contributed by atoms with Crippen molar-refractivity contribution < 1.29 is 14.3 Å². The predicted octanol–water partition coefficient (Wildman–Crippen LogP) is 0.747. The molecule has 0 aliphatic heterocycles. The van der Waals surface area contributed by atoms with E-state index in [0.717, 1.165) is 12.8 Å². The van der Waals surface area contributed by atoms with Crippen LogP contribution in [0.25, 0.3) is 11.4 Å². The summed E-state index contributed by atoms with van der Waals surface area (Å²) < 4.78 is 4.69. The molecule has 0 unspecified atom stereocenters. The molecule has 1 aromatic carbocycles. The fourth-order valence-electron chi connectivity index (χ4n) is 2.23. The number of aromatic nitrogens is 4. The van der Waals surface area contributed by atoms with Crippen molar-refractivity contribution in [1.29, 1.82) is 0 Å². The zero-order valence-electron chi connectivity index (χ0n) is 13.0. The maximum absolute atomic E-state index is 12.1. The van der Waals surface area contributed by atoms with Crippen LogP contribution in [0.15, 0.2) is 24.3 Å². The zero-order valence-corrected chi connectivity index (χ0v) is 13.0. The Morgan fingerprint density at radius 3 is 2.87 bits per heavy atom. The van der Waals surface area contributed by atoms with Crippen molar-refractivity contribution >= 4 is 11.9 Å². The lowest BCUT2D eigenvalue weighted by Crippen LogP contribution is -2.32. The number of amides is 1. The highest BCUT2D eigenvalue weighted by molar-refractivity contribution is 5.90. The van der Waals surface area contributed by atoms with E-state index >= 15 is 0 Å². The van der Waals surface area contributed by atoms with Crippen LogP contribution in [0, 0.1) is 0 Å². The molecule has 1 aliphatic rings. The number of carbonyl (C=O) groups is 2. The maximum Gasteiger partial charge on any atom is 0.337 e. The molecule has 1 heterocycles. The van der Waals surface area contributed by atoms with Crippen LogP contribution in [-0.2, 0) is 16.1 Å². The summed E-state index contributed by atoms with van der Waals surface area (Å²) in [5, 5.41) is 12.0. The van der Waals surface area contributed by atoms with Crippen molar-refractivity contribution in [3.05, 3.63) is 29.8 Å². The number of hydrogen-bond acceptors (Lipinski definition) is 6. The SMILES string of the molecule is COC(=O)c1cccc(-c2nnn(CC(=O)N(C)C3CC3)n2)c1. The molecule has 3 rings (SSSR count). The largest absolute Gasteiger partial charge is 0.465 e. The monoisotopic (exact) mass is 315 g/mol. The van der Waals surface area contributed by atoms with Crippen molar-refractivity contribution in [2.75, 3.05) is 14.2 Å². The highest BCUT2D eigenvalue weighted by Crippen LogP contribution is 2.25. The van der Waals surface area contributed by atoms with E-state index in [4.69, 9.17) is 0 Å². The third-order valence-corrected chi connectivity index (χ3v) is 3.76. The second-order valence-corrected chi connectivity index (χ2v) is 5.45. The van der Waals surface area contributed by atoms with Gasteiger partial charge in [-0.2, -0.15) is 4.80 Å². The number of rotatable bonds is 5. The third kappa shape index (κ3) is 3.36. The topological polar surface area (TPSA) is 90.2 Å². The predicted molar refractivity (Wildman–Crippen MR) is 80.4 cm³/mol. The number of esters is 1. The minimum absolute atomic E-state index is 0.0419. The number of ether oxygens (including phenoxy) is 1. The van der Waals surface area contributed by atoms with Gasteiger partial charge in [0, 0.05) is 18.7 Å². The normalized spacial score (nSPS) is 13.7. The molecule has 2 aromatic rings. The highest BCUT2D eigenvalue weighted by atomic mass is 16.5. The summed E-state index contributed by atoms with van der Waals surface area (Å²) in [6.45, 7) is 0.0523. The number of hydrogen-bond donors (Lipinski definition) is 0. The van der Waals surface area contributed by atoms with Crippen molar-refractivity contribution in [3.63, 3.8) is 0 Å². The van der Waals surface area contributed by atoms with Crippen molar-refractivity contribution in [3.8, 4) is 11.4 Å². The first kappa shape index (κ1) is 15.1. The van der Waals surface area contributed by atoms with Gasteiger partial charge in [-0.15, -0.1) is 10.2 Å². The average Bonchev–Trinajstić information content (AvgIpc) is 3.32. The fourth-order valence-corrected chi connectivity index (χ4v) is 2.23. The molecule has 0 saturated heterocycles. The molecule has 0 spiro atoms. The summed E-state index contributed by atoms with van der Waals surface area (Å²) in [5.74, 6) is -0.113. The first-order chi connectivity index (χ1) is 11.1. The Labute approximate surface area is 133 Å². The first-order valence-electron chi connectivity index (χ1n) is 7.30. The van der Waals surface area contributed by atoms with E-state index in [0.29, 0.717) is 23.0 Å². The molecule has 120 valence electrons. The van der Waals surface area contributed by atoms with Gasteiger partial charge in [-0.25, -0.2) is 4.79 Å². The second-order valence-electron chi connectivity index (χ2n) is 5.45. The zero-order chi connectivity index (χ0) is 16.4. The van der Waals surface area contributed by atoms with Gasteiger partial charge < -0.3 is 9.64 Å². The number of tetrazole rings is 1. The highest BCUT2D eigenvalue weighted by Gasteiger charge is 2.29. The van der Waals surface area contributed by atoms with Gasteiger partial charge in [-0.3, -0.25) is 4.79 Å². The molecule has 8 heteroatoms. The summed E-state index contributed by atoms with van der Waals surface area (Å²) in [6, 6.07) is 7.11. The van der Waals surface area contributed by atoms with Crippen LogP contribution in [0.5, 0.6) is 0 Å². The Morgan fingerprint density at radius 2 is 2.17 bits per heavy atom. The quantitative estimate of drug-likeness (QED) is 0.756. The van der Waals surface area contributed by atoms with Crippen LogP contribution in [0.2, 0.25) is 0 Å². The van der Waals surface area contributed by atoms with Gasteiger partial charge in [0.1, 0.15) is 6.54 Å². The Hall–Kier alpha value is -2.77. The summed E-state index contributed by atoms with van der Waals surface area (Å²) in [7, 11) is 3.11. The Kier molecular flexibility index (Phi) is 4.05. The molecule has 1 saturated carbocycles. The molecule has 23 heavy (non-hydrogen) atoms. The molecule has 0 bridgehead atoms. The van der Waals surface area contributed by atoms with Crippen LogP contribution in [0.4, 0.5) is 0 Å². The van der Waals surface area contributed by atoms with Gasteiger partial charge in [0.15, 0.2) is 0 Å². The van der Waals surface area contributed by atoms with Crippen LogP contribution in [0.1, 0.15) is 23.2 Å². The first-order valence-corrected chi connectivity index (χ1v) is 7.30. The summed E-state index contributed by atoms with van der Waals surface area (Å²) in [4.78, 5) is 26.6. The molecule has 1 fully saturated rings. The molecule has 0 N–H and O–H groups in total. The van der Waals surface area contributed by atoms with Gasteiger partial charge in [0.25, 0.3) is 0 Å². The summed E-state index contributed by atoms with van der Waals surface area (Å²) >= 11 is 0. The van der Waals surface area contributed by atoms with Crippen molar-refractivity contribution in [1.82, 2.24) is 25.1 Å². The summed E-state index contributed by atoms with van der Waals surface area (Å²) in [6.07, 6.45) is 2.11. The van der Waals surface area contributed by atoms with Gasteiger partial charge in [-0.05, 0) is 30.2 Å².